The van der Waals surface area contributed by atoms with E-state index in [-0.39, 0.29) is 0 Å². The maximum Gasteiger partial charge on any atom is 0.349 e. The molecule has 0 saturated carbocycles. The van der Waals surface area contributed by atoms with Crippen molar-refractivity contribution in [2.45, 2.75) is 13.0 Å². The fourth-order valence-electron chi connectivity index (χ4n) is 2.52. The number of aryl methyl sites for hydroxylation is 1. The Bertz CT molecular complexity index is 936. The van der Waals surface area contributed by atoms with E-state index >= 15 is 0 Å². The summed E-state index contributed by atoms with van der Waals surface area (Å²) >= 11 is 1.33. The molecule has 0 unspecified atom stereocenters. The normalized spacial score (nSPS) is 11.5. The predicted octanol–water partition coefficient (Wildman–Crippen LogP) is 4.60. The van der Waals surface area contributed by atoms with Crippen molar-refractivity contribution in [3.05, 3.63) is 82.0 Å². The van der Waals surface area contributed by atoms with Gasteiger partial charge in [-0.05, 0) is 31.2 Å². The number of hydrogen-bond acceptors (Lipinski definition) is 5. The molecule has 27 heavy (non-hydrogen) atoms. The fourth-order valence-corrected chi connectivity index (χ4v) is 3.27. The zero-order valence-corrected chi connectivity index (χ0v) is 15.8. The highest BCUT2D eigenvalue weighted by Gasteiger charge is 2.26. The summed E-state index contributed by atoms with van der Waals surface area (Å²) in [7, 11) is 1.55. The maximum atomic E-state index is 12.9. The van der Waals surface area contributed by atoms with Gasteiger partial charge in [-0.25, -0.2) is 4.79 Å². The minimum Gasteiger partial charge on any atom is -0.497 e. The smallest absolute Gasteiger partial charge is 0.349 e. The molecule has 2 aromatic carbocycles. The van der Waals surface area contributed by atoms with E-state index in [4.69, 9.17) is 9.47 Å². The molecule has 6 heteroatoms. The van der Waals surface area contributed by atoms with Crippen LogP contribution in [0.3, 0.4) is 0 Å². The molecule has 0 fully saturated rings. The van der Waals surface area contributed by atoms with Gasteiger partial charge < -0.3 is 14.8 Å². The zero-order valence-electron chi connectivity index (χ0n) is 15.0. The summed E-state index contributed by atoms with van der Waals surface area (Å²) in [5.41, 5.74) is 1.16. The van der Waals surface area contributed by atoms with Crippen LogP contribution >= 0.6 is 11.3 Å². The molecule has 1 N–H and O–H groups in total. The van der Waals surface area contributed by atoms with Crippen LogP contribution in [0.15, 0.2) is 66.7 Å². The molecule has 1 atom stereocenters. The average molecular weight is 381 g/mol. The van der Waals surface area contributed by atoms with Crippen LogP contribution in [0.2, 0.25) is 0 Å². The lowest BCUT2D eigenvalue weighted by Crippen LogP contribution is -2.25. The van der Waals surface area contributed by atoms with Gasteiger partial charge in [-0.3, -0.25) is 4.79 Å². The van der Waals surface area contributed by atoms with Crippen molar-refractivity contribution < 1.29 is 19.1 Å². The second kappa shape index (κ2) is 8.51. The SMILES string of the molecule is COc1cccc(NC(=O)[C@H](OC(=O)c2ccc(C)s2)c2ccccc2)c1. The number of methoxy groups -OCH3 is 1. The molecule has 138 valence electrons. The first-order chi connectivity index (χ1) is 13.1. The maximum absolute atomic E-state index is 12.9. The number of nitrogens with one attached hydrogen (secondary N) is 1. The fraction of sp³-hybridized carbons (Fsp3) is 0.143. The standard InChI is InChI=1S/C21H19NO4S/c1-14-11-12-18(27-14)21(24)26-19(15-7-4-3-5-8-15)20(23)22-16-9-6-10-17(13-16)25-2/h3-13,19H,1-2H3,(H,22,23)/t19-/m1/s1. The van der Waals surface area contributed by atoms with Crippen molar-refractivity contribution in [2.75, 3.05) is 12.4 Å². The quantitative estimate of drug-likeness (QED) is 0.634. The first-order valence-electron chi connectivity index (χ1n) is 8.34. The summed E-state index contributed by atoms with van der Waals surface area (Å²) in [6, 6.07) is 19.5. The van der Waals surface area contributed by atoms with Crippen LogP contribution in [0.25, 0.3) is 0 Å². The lowest BCUT2D eigenvalue weighted by atomic mass is 10.1. The molecular formula is C21H19NO4S. The lowest BCUT2D eigenvalue weighted by Gasteiger charge is -2.18. The highest BCUT2D eigenvalue weighted by atomic mass is 32.1. The second-order valence-electron chi connectivity index (χ2n) is 5.83. The van der Waals surface area contributed by atoms with Gasteiger partial charge in [0, 0.05) is 22.2 Å². The molecule has 1 heterocycles. The van der Waals surface area contributed by atoms with Crippen molar-refractivity contribution in [3.63, 3.8) is 0 Å². The van der Waals surface area contributed by atoms with E-state index in [2.05, 4.69) is 5.32 Å². The highest BCUT2D eigenvalue weighted by Crippen LogP contribution is 2.25. The van der Waals surface area contributed by atoms with E-state index in [0.717, 1.165) is 4.88 Å². The first kappa shape index (κ1) is 18.7. The third-order valence-corrected chi connectivity index (χ3v) is 4.82. The molecule has 3 aromatic rings. The Morgan fingerprint density at radius 1 is 1.00 bits per heavy atom. The van der Waals surface area contributed by atoms with Crippen LogP contribution in [-0.4, -0.2) is 19.0 Å². The van der Waals surface area contributed by atoms with Crippen molar-refractivity contribution in [3.8, 4) is 5.75 Å². The Hall–Kier alpha value is -3.12. The molecule has 0 aliphatic rings. The Morgan fingerprint density at radius 3 is 2.44 bits per heavy atom. The van der Waals surface area contributed by atoms with Crippen LogP contribution in [-0.2, 0) is 9.53 Å². The topological polar surface area (TPSA) is 64.6 Å². The number of benzene rings is 2. The average Bonchev–Trinajstić information content (AvgIpc) is 3.13. The van der Waals surface area contributed by atoms with Crippen LogP contribution < -0.4 is 10.1 Å². The van der Waals surface area contributed by atoms with Gasteiger partial charge in [0.05, 0.1) is 7.11 Å². The number of anilines is 1. The molecule has 0 bridgehead atoms. The summed E-state index contributed by atoms with van der Waals surface area (Å²) in [6.07, 6.45) is -1.06. The Kier molecular flexibility index (Phi) is 5.88. The number of ether oxygens (including phenoxy) is 2. The van der Waals surface area contributed by atoms with Crippen LogP contribution in [0.5, 0.6) is 5.75 Å². The Balaban J connectivity index is 1.83. The lowest BCUT2D eigenvalue weighted by molar-refractivity contribution is -0.125. The molecule has 0 aliphatic carbocycles. The van der Waals surface area contributed by atoms with E-state index in [0.29, 0.717) is 21.9 Å². The van der Waals surface area contributed by atoms with E-state index in [1.54, 1.807) is 61.7 Å². The number of carbonyl (C=O) groups is 2. The molecule has 0 spiro atoms. The molecule has 5 nitrogen and oxygen atoms in total. The van der Waals surface area contributed by atoms with Crippen molar-refractivity contribution in [1.29, 1.82) is 0 Å². The predicted molar refractivity (Wildman–Crippen MR) is 105 cm³/mol. The van der Waals surface area contributed by atoms with Crippen molar-refractivity contribution in [2.24, 2.45) is 0 Å². The monoisotopic (exact) mass is 381 g/mol. The number of amides is 1. The summed E-state index contributed by atoms with van der Waals surface area (Å²) in [4.78, 5) is 26.8. The molecular weight excluding hydrogens is 362 g/mol. The number of esters is 1. The number of thiophene rings is 1. The van der Waals surface area contributed by atoms with E-state index in [1.807, 2.05) is 19.1 Å². The van der Waals surface area contributed by atoms with Gasteiger partial charge >= 0.3 is 5.97 Å². The van der Waals surface area contributed by atoms with Crippen LogP contribution in [0, 0.1) is 6.92 Å². The number of carbonyl (C=O) groups excluding carboxylic acids is 2. The van der Waals surface area contributed by atoms with Gasteiger partial charge in [-0.15, -0.1) is 11.3 Å². The largest absolute Gasteiger partial charge is 0.497 e. The summed E-state index contributed by atoms with van der Waals surface area (Å²) in [6.45, 7) is 1.91. The van der Waals surface area contributed by atoms with Crippen LogP contribution in [0.4, 0.5) is 5.69 Å². The van der Waals surface area contributed by atoms with Crippen molar-refractivity contribution in [1.82, 2.24) is 0 Å². The van der Waals surface area contributed by atoms with Gasteiger partial charge in [0.1, 0.15) is 10.6 Å². The highest BCUT2D eigenvalue weighted by molar-refractivity contribution is 7.13. The molecule has 0 radical (unpaired) electrons. The third-order valence-electron chi connectivity index (χ3n) is 3.84. The van der Waals surface area contributed by atoms with Gasteiger partial charge in [-0.1, -0.05) is 36.4 Å². The number of hydrogen-bond donors (Lipinski definition) is 1. The van der Waals surface area contributed by atoms with Gasteiger partial charge in [0.2, 0.25) is 6.10 Å². The minimum absolute atomic E-state index is 0.434. The Labute approximate surface area is 161 Å². The second-order valence-corrected chi connectivity index (χ2v) is 7.12. The zero-order chi connectivity index (χ0) is 19.2. The molecule has 3 rings (SSSR count). The minimum atomic E-state index is -1.06. The Morgan fingerprint density at radius 2 is 1.78 bits per heavy atom. The van der Waals surface area contributed by atoms with Gasteiger partial charge in [0.15, 0.2) is 0 Å². The van der Waals surface area contributed by atoms with Crippen LogP contribution in [0.1, 0.15) is 26.2 Å². The molecule has 0 saturated heterocycles. The number of rotatable bonds is 6. The molecule has 0 aliphatic heterocycles. The molecule has 1 aromatic heterocycles. The third kappa shape index (κ3) is 4.74. The van der Waals surface area contributed by atoms with Crippen molar-refractivity contribution >= 4 is 28.9 Å². The van der Waals surface area contributed by atoms with Gasteiger partial charge in [0.25, 0.3) is 5.91 Å². The van der Waals surface area contributed by atoms with E-state index < -0.39 is 18.0 Å². The first-order valence-corrected chi connectivity index (χ1v) is 9.16. The summed E-state index contributed by atoms with van der Waals surface area (Å²) < 4.78 is 10.7. The van der Waals surface area contributed by atoms with E-state index in [9.17, 15) is 9.59 Å². The van der Waals surface area contributed by atoms with Gasteiger partial charge in [-0.2, -0.15) is 0 Å². The van der Waals surface area contributed by atoms with E-state index in [1.165, 1.54) is 11.3 Å². The summed E-state index contributed by atoms with van der Waals surface area (Å²) in [5, 5.41) is 2.78. The summed E-state index contributed by atoms with van der Waals surface area (Å²) in [5.74, 6) is -0.339. The molecule has 1 amide bonds.